The van der Waals surface area contributed by atoms with Crippen LogP contribution in [0, 0.1) is 0 Å². The third kappa shape index (κ3) is 1.73. The standard InChI is InChI=1S/C6H12O5S/c7-3-2(1-12)11-6(10)5(9)4(3)8/h2-10,12H,1H2/t2?,3-,4-,5?,6?/m0/s1. The lowest BCUT2D eigenvalue weighted by Gasteiger charge is -2.37. The first kappa shape index (κ1) is 10.2. The highest BCUT2D eigenvalue weighted by Gasteiger charge is 2.42. The fourth-order valence-corrected chi connectivity index (χ4v) is 1.38. The molecule has 0 spiro atoms. The first-order valence-corrected chi connectivity index (χ1v) is 4.19. The van der Waals surface area contributed by atoms with Gasteiger partial charge in [0, 0.05) is 5.75 Å². The summed E-state index contributed by atoms with van der Waals surface area (Å²) >= 11 is 3.84. The maximum atomic E-state index is 9.23. The molecule has 1 heterocycles. The second-order valence-electron chi connectivity index (χ2n) is 2.72. The van der Waals surface area contributed by atoms with Crippen molar-refractivity contribution in [1.29, 1.82) is 0 Å². The summed E-state index contributed by atoms with van der Waals surface area (Å²) in [6, 6.07) is 0. The van der Waals surface area contributed by atoms with Gasteiger partial charge in [0.1, 0.15) is 18.3 Å². The van der Waals surface area contributed by atoms with Gasteiger partial charge in [0.25, 0.3) is 0 Å². The molecule has 0 aromatic rings. The quantitative estimate of drug-likeness (QED) is 0.305. The van der Waals surface area contributed by atoms with Crippen LogP contribution in [0.3, 0.4) is 0 Å². The van der Waals surface area contributed by atoms with Gasteiger partial charge >= 0.3 is 0 Å². The lowest BCUT2D eigenvalue weighted by Crippen LogP contribution is -2.57. The Kier molecular flexibility index (Phi) is 3.33. The number of hydrogen-bond donors (Lipinski definition) is 5. The molecule has 0 bridgehead atoms. The predicted molar refractivity (Wildman–Crippen MR) is 42.8 cm³/mol. The molecule has 0 amide bonds. The molecule has 1 saturated heterocycles. The molecule has 0 radical (unpaired) electrons. The van der Waals surface area contributed by atoms with Crippen LogP contribution >= 0.6 is 12.6 Å². The lowest BCUT2D eigenvalue weighted by atomic mass is 10.0. The van der Waals surface area contributed by atoms with Gasteiger partial charge in [-0.25, -0.2) is 0 Å². The highest BCUT2D eigenvalue weighted by Crippen LogP contribution is 2.20. The summed E-state index contributed by atoms with van der Waals surface area (Å²) in [5.41, 5.74) is 0. The lowest BCUT2D eigenvalue weighted by molar-refractivity contribution is -0.276. The summed E-state index contributed by atoms with van der Waals surface area (Å²) < 4.78 is 4.75. The normalized spacial score (nSPS) is 49.2. The Bertz CT molecular complexity index is 150. The Morgan fingerprint density at radius 3 is 2.08 bits per heavy atom. The van der Waals surface area contributed by atoms with Gasteiger partial charge in [-0.3, -0.25) is 0 Å². The fraction of sp³-hybridized carbons (Fsp3) is 1.00. The summed E-state index contributed by atoms with van der Waals surface area (Å²) in [5.74, 6) is 0.169. The van der Waals surface area contributed by atoms with Crippen LogP contribution in [0.15, 0.2) is 0 Å². The van der Waals surface area contributed by atoms with E-state index in [0.717, 1.165) is 0 Å². The van der Waals surface area contributed by atoms with E-state index in [0.29, 0.717) is 0 Å². The molecule has 0 saturated carbocycles. The average Bonchev–Trinajstić information content (AvgIpc) is 2.08. The second kappa shape index (κ2) is 3.91. The average molecular weight is 196 g/mol. The van der Waals surface area contributed by atoms with Gasteiger partial charge in [0.2, 0.25) is 0 Å². The summed E-state index contributed by atoms with van der Waals surface area (Å²) in [4.78, 5) is 0. The molecule has 5 atom stereocenters. The molecular formula is C6H12O5S. The molecule has 0 aromatic carbocycles. The SMILES string of the molecule is OC1OC(CS)[C@H](O)[C@H](O)C1O. The van der Waals surface area contributed by atoms with Crippen LogP contribution in [0.2, 0.25) is 0 Å². The van der Waals surface area contributed by atoms with E-state index in [2.05, 4.69) is 12.6 Å². The maximum Gasteiger partial charge on any atom is 0.183 e. The van der Waals surface area contributed by atoms with Gasteiger partial charge in [-0.05, 0) is 0 Å². The van der Waals surface area contributed by atoms with Crippen molar-refractivity contribution in [3.05, 3.63) is 0 Å². The zero-order chi connectivity index (χ0) is 9.30. The summed E-state index contributed by atoms with van der Waals surface area (Å²) in [6.07, 6.45) is -6.26. The Hall–Kier alpha value is 0.150. The topological polar surface area (TPSA) is 90.2 Å². The van der Waals surface area contributed by atoms with Crippen LogP contribution in [0.4, 0.5) is 0 Å². The Morgan fingerprint density at radius 1 is 1.00 bits per heavy atom. The molecular weight excluding hydrogens is 184 g/mol. The fourth-order valence-electron chi connectivity index (χ4n) is 1.08. The Morgan fingerprint density at radius 2 is 1.58 bits per heavy atom. The molecule has 4 N–H and O–H groups in total. The van der Waals surface area contributed by atoms with Crippen molar-refractivity contribution in [3.63, 3.8) is 0 Å². The number of thiol groups is 1. The monoisotopic (exact) mass is 196 g/mol. The van der Waals surface area contributed by atoms with Crippen LogP contribution in [0.25, 0.3) is 0 Å². The van der Waals surface area contributed by atoms with Gasteiger partial charge in [-0.15, -0.1) is 0 Å². The van der Waals surface area contributed by atoms with Crippen molar-refractivity contribution in [2.45, 2.75) is 30.7 Å². The molecule has 0 aromatic heterocycles. The van der Waals surface area contributed by atoms with Crippen molar-refractivity contribution in [1.82, 2.24) is 0 Å². The van der Waals surface area contributed by atoms with Crippen LogP contribution in [0.5, 0.6) is 0 Å². The largest absolute Gasteiger partial charge is 0.388 e. The highest BCUT2D eigenvalue weighted by atomic mass is 32.1. The minimum Gasteiger partial charge on any atom is -0.388 e. The molecule has 1 rings (SSSR count). The van der Waals surface area contributed by atoms with Crippen LogP contribution in [-0.2, 0) is 4.74 Å². The van der Waals surface area contributed by atoms with Crippen molar-refractivity contribution < 1.29 is 25.2 Å². The molecule has 72 valence electrons. The van der Waals surface area contributed by atoms with E-state index in [-0.39, 0.29) is 5.75 Å². The zero-order valence-corrected chi connectivity index (χ0v) is 7.13. The van der Waals surface area contributed by atoms with E-state index in [4.69, 9.17) is 20.1 Å². The summed E-state index contributed by atoms with van der Waals surface area (Å²) in [7, 11) is 0. The van der Waals surface area contributed by atoms with Crippen molar-refractivity contribution in [2.24, 2.45) is 0 Å². The molecule has 5 nitrogen and oxygen atoms in total. The third-order valence-corrected chi connectivity index (χ3v) is 2.23. The molecule has 12 heavy (non-hydrogen) atoms. The second-order valence-corrected chi connectivity index (χ2v) is 3.08. The maximum absolute atomic E-state index is 9.23. The molecule has 6 heteroatoms. The number of rotatable bonds is 1. The molecule has 1 aliphatic heterocycles. The van der Waals surface area contributed by atoms with Crippen molar-refractivity contribution in [2.75, 3.05) is 5.75 Å². The first-order chi connectivity index (χ1) is 5.57. The van der Waals surface area contributed by atoms with Gasteiger partial charge in [0.15, 0.2) is 6.29 Å². The van der Waals surface area contributed by atoms with E-state index >= 15 is 0 Å². The predicted octanol–water partition coefficient (Wildman–Crippen LogP) is -2.28. The first-order valence-electron chi connectivity index (χ1n) is 3.56. The summed E-state index contributed by atoms with van der Waals surface area (Å²) in [6.45, 7) is 0. The number of ether oxygens (including phenoxy) is 1. The van der Waals surface area contributed by atoms with E-state index in [1.807, 2.05) is 0 Å². The summed E-state index contributed by atoms with van der Waals surface area (Å²) in [5, 5.41) is 36.4. The number of hydrogen-bond acceptors (Lipinski definition) is 6. The van der Waals surface area contributed by atoms with Gasteiger partial charge in [-0.2, -0.15) is 12.6 Å². The van der Waals surface area contributed by atoms with E-state index in [1.54, 1.807) is 0 Å². The number of aliphatic hydroxyl groups excluding tert-OH is 4. The smallest absolute Gasteiger partial charge is 0.183 e. The van der Waals surface area contributed by atoms with Crippen LogP contribution in [0.1, 0.15) is 0 Å². The van der Waals surface area contributed by atoms with Crippen LogP contribution < -0.4 is 0 Å². The van der Waals surface area contributed by atoms with Crippen molar-refractivity contribution >= 4 is 12.6 Å². The van der Waals surface area contributed by atoms with Gasteiger partial charge in [0.05, 0.1) is 6.10 Å². The Balaban J connectivity index is 2.63. The molecule has 1 aliphatic rings. The molecule has 3 unspecified atom stereocenters. The van der Waals surface area contributed by atoms with Crippen LogP contribution in [-0.4, -0.2) is 56.9 Å². The molecule has 1 fully saturated rings. The zero-order valence-electron chi connectivity index (χ0n) is 6.24. The van der Waals surface area contributed by atoms with E-state index < -0.39 is 30.7 Å². The molecule has 0 aliphatic carbocycles. The Labute approximate surface area is 75.0 Å². The third-order valence-electron chi connectivity index (χ3n) is 1.87. The highest BCUT2D eigenvalue weighted by molar-refractivity contribution is 7.80. The van der Waals surface area contributed by atoms with E-state index in [1.165, 1.54) is 0 Å². The number of aliphatic hydroxyl groups is 4. The minimum absolute atomic E-state index is 0.169. The van der Waals surface area contributed by atoms with E-state index in [9.17, 15) is 5.11 Å². The van der Waals surface area contributed by atoms with Gasteiger partial charge in [-0.1, -0.05) is 0 Å². The minimum atomic E-state index is -1.46. The van der Waals surface area contributed by atoms with Gasteiger partial charge < -0.3 is 25.2 Å². The van der Waals surface area contributed by atoms with Crippen molar-refractivity contribution in [3.8, 4) is 0 Å².